The lowest BCUT2D eigenvalue weighted by molar-refractivity contribution is -0.129. The molecule has 1 aromatic carbocycles. The fourth-order valence-corrected chi connectivity index (χ4v) is 2.86. The molecule has 1 aliphatic rings. The highest BCUT2D eigenvalue weighted by Crippen LogP contribution is 2.29. The number of aliphatic imine (C=N–C) groups is 1. The van der Waals surface area contributed by atoms with Gasteiger partial charge in [-0.1, -0.05) is 31.4 Å². The van der Waals surface area contributed by atoms with Gasteiger partial charge in [0.15, 0.2) is 5.70 Å². The number of benzene rings is 1. The Hall–Kier alpha value is -3.12. The highest BCUT2D eigenvalue weighted by Gasteiger charge is 2.25. The average molecular weight is 367 g/mol. The maximum absolute atomic E-state index is 12.1. The summed E-state index contributed by atoms with van der Waals surface area (Å²) in [5, 5.41) is 1.90. The molecular formula is C20H17NO4S. The molecule has 0 amide bonds. The van der Waals surface area contributed by atoms with Crippen LogP contribution in [-0.4, -0.2) is 25.1 Å². The zero-order valence-corrected chi connectivity index (χ0v) is 14.8. The minimum Gasteiger partial charge on any atom is -0.489 e. The molecule has 0 saturated heterocycles. The monoisotopic (exact) mass is 367 g/mol. The summed E-state index contributed by atoms with van der Waals surface area (Å²) in [6.07, 6.45) is 4.94. The first-order chi connectivity index (χ1) is 12.7. The van der Waals surface area contributed by atoms with Crippen molar-refractivity contribution in [2.75, 3.05) is 13.2 Å². The van der Waals surface area contributed by atoms with Crippen molar-refractivity contribution in [2.45, 2.75) is 0 Å². The van der Waals surface area contributed by atoms with E-state index >= 15 is 0 Å². The van der Waals surface area contributed by atoms with Crippen LogP contribution in [0.5, 0.6) is 11.5 Å². The largest absolute Gasteiger partial charge is 0.489 e. The molecule has 6 heteroatoms. The average Bonchev–Trinajstić information content (AvgIpc) is 3.30. The molecule has 0 radical (unpaired) electrons. The molecule has 0 atom stereocenters. The molecule has 0 N–H and O–H groups in total. The first-order valence-corrected chi connectivity index (χ1v) is 8.77. The second-order valence-corrected chi connectivity index (χ2v) is 6.16. The number of carbonyl (C=O) groups is 1. The van der Waals surface area contributed by atoms with Gasteiger partial charge in [0, 0.05) is 11.6 Å². The predicted octanol–water partition coefficient (Wildman–Crippen LogP) is 4.22. The van der Waals surface area contributed by atoms with Gasteiger partial charge in [-0.25, -0.2) is 9.79 Å². The zero-order valence-electron chi connectivity index (χ0n) is 14.0. The van der Waals surface area contributed by atoms with Crippen LogP contribution in [0.25, 0.3) is 6.08 Å². The van der Waals surface area contributed by atoms with Crippen LogP contribution in [0.2, 0.25) is 0 Å². The van der Waals surface area contributed by atoms with E-state index in [2.05, 4.69) is 18.2 Å². The Morgan fingerprint density at radius 3 is 2.69 bits per heavy atom. The number of carbonyl (C=O) groups excluding carboxylic acids is 1. The number of hydrogen-bond donors (Lipinski definition) is 0. The Balaban J connectivity index is 1.91. The van der Waals surface area contributed by atoms with E-state index in [0.717, 1.165) is 4.88 Å². The number of rotatable bonds is 8. The molecule has 2 aromatic rings. The van der Waals surface area contributed by atoms with Crippen LogP contribution >= 0.6 is 11.3 Å². The lowest BCUT2D eigenvalue weighted by Gasteiger charge is -2.10. The van der Waals surface area contributed by atoms with E-state index in [-0.39, 0.29) is 5.70 Å². The second kappa shape index (κ2) is 8.31. The molecule has 0 unspecified atom stereocenters. The summed E-state index contributed by atoms with van der Waals surface area (Å²) in [5.41, 5.74) is 0.914. The van der Waals surface area contributed by atoms with Crippen LogP contribution in [-0.2, 0) is 9.53 Å². The third-order valence-corrected chi connectivity index (χ3v) is 4.21. The Kier molecular flexibility index (Phi) is 5.66. The lowest BCUT2D eigenvalue weighted by atomic mass is 10.1. The molecule has 2 heterocycles. The molecule has 1 aromatic heterocycles. The van der Waals surface area contributed by atoms with Gasteiger partial charge in [-0.05, 0) is 29.7 Å². The molecule has 26 heavy (non-hydrogen) atoms. The van der Waals surface area contributed by atoms with Crippen LogP contribution in [0.4, 0.5) is 0 Å². The highest BCUT2D eigenvalue weighted by atomic mass is 32.1. The van der Waals surface area contributed by atoms with Crippen LogP contribution in [0.1, 0.15) is 10.4 Å². The fraction of sp³-hybridized carbons (Fsp3) is 0.100. The summed E-state index contributed by atoms with van der Waals surface area (Å²) < 4.78 is 16.5. The second-order valence-electron chi connectivity index (χ2n) is 5.21. The van der Waals surface area contributed by atoms with E-state index in [4.69, 9.17) is 14.2 Å². The molecule has 0 aliphatic carbocycles. The van der Waals surface area contributed by atoms with Crippen molar-refractivity contribution < 1.29 is 19.0 Å². The first-order valence-electron chi connectivity index (χ1n) is 7.89. The highest BCUT2D eigenvalue weighted by molar-refractivity contribution is 7.12. The molecule has 5 nitrogen and oxygen atoms in total. The van der Waals surface area contributed by atoms with Gasteiger partial charge in [-0.2, -0.15) is 0 Å². The lowest BCUT2D eigenvalue weighted by Crippen LogP contribution is -2.03. The van der Waals surface area contributed by atoms with Gasteiger partial charge in [-0.15, -0.1) is 11.3 Å². The van der Waals surface area contributed by atoms with Crippen molar-refractivity contribution in [3.05, 3.63) is 77.2 Å². The normalized spacial score (nSPS) is 14.7. The predicted molar refractivity (Wildman–Crippen MR) is 103 cm³/mol. The molecular weight excluding hydrogens is 350 g/mol. The van der Waals surface area contributed by atoms with Gasteiger partial charge in [-0.3, -0.25) is 0 Å². The fourth-order valence-electron chi connectivity index (χ4n) is 2.21. The minimum atomic E-state index is -0.491. The van der Waals surface area contributed by atoms with E-state index in [1.807, 2.05) is 17.5 Å². The summed E-state index contributed by atoms with van der Waals surface area (Å²) in [6.45, 7) is 8.00. The molecule has 132 valence electrons. The van der Waals surface area contributed by atoms with Crippen molar-refractivity contribution in [3.63, 3.8) is 0 Å². The van der Waals surface area contributed by atoms with Crippen LogP contribution < -0.4 is 9.47 Å². The summed E-state index contributed by atoms with van der Waals surface area (Å²) >= 11 is 1.46. The van der Waals surface area contributed by atoms with E-state index in [9.17, 15) is 4.79 Å². The number of ether oxygens (including phenoxy) is 3. The smallest absolute Gasteiger partial charge is 0.363 e. The van der Waals surface area contributed by atoms with E-state index in [1.54, 1.807) is 36.4 Å². The third-order valence-electron chi connectivity index (χ3n) is 3.35. The van der Waals surface area contributed by atoms with Crippen LogP contribution in [0.3, 0.4) is 0 Å². The first kappa shape index (κ1) is 17.7. The number of esters is 1. The number of hydrogen-bond acceptors (Lipinski definition) is 6. The molecule has 0 fully saturated rings. The number of nitrogens with zero attached hydrogens (tertiary/aromatic N) is 1. The molecule has 1 aliphatic heterocycles. The quantitative estimate of drug-likeness (QED) is 0.398. The standard InChI is InChI=1S/C20H17NO4S/c1-3-9-23-15-8-7-14(17(13-15)24-10-4-2)12-16-20(22)25-19(21-16)18-6-5-11-26-18/h3-8,11-13H,1-2,9-10H2. The molecule has 0 saturated carbocycles. The van der Waals surface area contributed by atoms with Gasteiger partial charge < -0.3 is 14.2 Å². The van der Waals surface area contributed by atoms with Crippen molar-refractivity contribution in [3.8, 4) is 11.5 Å². The summed E-state index contributed by atoms with van der Waals surface area (Å²) in [4.78, 5) is 17.2. The molecule has 0 spiro atoms. The Labute approximate surface area is 155 Å². The topological polar surface area (TPSA) is 57.1 Å². The van der Waals surface area contributed by atoms with Gasteiger partial charge in [0.05, 0.1) is 4.88 Å². The summed E-state index contributed by atoms with van der Waals surface area (Å²) in [5.74, 6) is 1.03. The number of thiophene rings is 1. The van der Waals surface area contributed by atoms with Crippen molar-refractivity contribution >= 4 is 29.3 Å². The van der Waals surface area contributed by atoms with E-state index < -0.39 is 5.97 Å². The van der Waals surface area contributed by atoms with Crippen molar-refractivity contribution in [1.29, 1.82) is 0 Å². The van der Waals surface area contributed by atoms with Crippen LogP contribution in [0, 0.1) is 0 Å². The maximum atomic E-state index is 12.1. The van der Waals surface area contributed by atoms with Gasteiger partial charge in [0.1, 0.15) is 24.7 Å². The maximum Gasteiger partial charge on any atom is 0.363 e. The Bertz CT molecular complexity index is 881. The van der Waals surface area contributed by atoms with Crippen molar-refractivity contribution in [2.24, 2.45) is 4.99 Å². The summed E-state index contributed by atoms with van der Waals surface area (Å²) in [6, 6.07) is 9.07. The van der Waals surface area contributed by atoms with Gasteiger partial charge >= 0.3 is 5.97 Å². The van der Waals surface area contributed by atoms with Gasteiger partial charge in [0.2, 0.25) is 5.90 Å². The minimum absolute atomic E-state index is 0.219. The van der Waals surface area contributed by atoms with Crippen LogP contribution in [0.15, 0.2) is 71.7 Å². The van der Waals surface area contributed by atoms with Crippen molar-refractivity contribution in [1.82, 2.24) is 0 Å². The third kappa shape index (κ3) is 4.10. The Morgan fingerprint density at radius 1 is 1.15 bits per heavy atom. The zero-order chi connectivity index (χ0) is 18.4. The van der Waals surface area contributed by atoms with E-state index in [1.165, 1.54) is 11.3 Å². The SMILES string of the molecule is C=CCOc1ccc(C=C2N=C(c3cccs3)OC2=O)c(OCC=C)c1. The molecule has 3 rings (SSSR count). The summed E-state index contributed by atoms with van der Waals surface area (Å²) in [7, 11) is 0. The Morgan fingerprint density at radius 2 is 1.96 bits per heavy atom. The van der Waals surface area contributed by atoms with E-state index in [0.29, 0.717) is 36.2 Å². The molecule has 0 bridgehead atoms. The number of cyclic esters (lactones) is 1. The van der Waals surface area contributed by atoms with Gasteiger partial charge in [0.25, 0.3) is 0 Å².